The number of aliphatic hydroxyl groups excluding tert-OH is 1. The first kappa shape index (κ1) is 26.0. The molecule has 4 rings (SSSR count). The van der Waals surface area contributed by atoms with Crippen molar-refractivity contribution in [3.63, 3.8) is 0 Å². The molecule has 0 aliphatic rings. The van der Waals surface area contributed by atoms with Gasteiger partial charge in [0, 0.05) is 42.4 Å². The first-order valence-electron chi connectivity index (χ1n) is 11.3. The molecule has 9 nitrogen and oxygen atoms in total. The van der Waals surface area contributed by atoms with Gasteiger partial charge >= 0.3 is 0 Å². The van der Waals surface area contributed by atoms with Crippen LogP contribution >= 0.6 is 0 Å². The Morgan fingerprint density at radius 3 is 2.54 bits per heavy atom. The van der Waals surface area contributed by atoms with E-state index in [0.29, 0.717) is 16.7 Å². The third kappa shape index (κ3) is 5.52. The first-order chi connectivity index (χ1) is 17.5. The molecule has 0 fully saturated rings. The Kier molecular flexibility index (Phi) is 7.10. The number of hydrogen-bond donors (Lipinski definition) is 3. The zero-order chi connectivity index (χ0) is 26.9. The summed E-state index contributed by atoms with van der Waals surface area (Å²) in [6.07, 6.45) is 4.53. The molecule has 37 heavy (non-hydrogen) atoms. The third-order valence-corrected chi connectivity index (χ3v) is 7.05. The maximum atomic E-state index is 15.1. The van der Waals surface area contributed by atoms with Crippen LogP contribution in [0.2, 0.25) is 0 Å². The van der Waals surface area contributed by atoms with Crippen LogP contribution in [0.4, 0.5) is 10.2 Å². The molecule has 0 spiro atoms. The molecule has 2 aromatic heterocycles. The van der Waals surface area contributed by atoms with Gasteiger partial charge in [0.05, 0.1) is 28.8 Å². The second-order valence-electron chi connectivity index (χ2n) is 8.71. The number of aryl methyl sites for hydroxylation is 2. The molecule has 4 aromatic rings. The summed E-state index contributed by atoms with van der Waals surface area (Å²) in [6, 6.07) is 10.8. The van der Waals surface area contributed by atoms with Crippen LogP contribution in [-0.4, -0.2) is 47.1 Å². The molecule has 11 heteroatoms. The first-order valence-corrected chi connectivity index (χ1v) is 13.1. The molecule has 0 aliphatic carbocycles. The quantitative estimate of drug-likeness (QED) is 0.338. The van der Waals surface area contributed by atoms with E-state index in [9.17, 15) is 18.3 Å². The van der Waals surface area contributed by atoms with E-state index in [2.05, 4.69) is 15.4 Å². The molecule has 0 saturated carbocycles. The minimum absolute atomic E-state index is 0.0446. The summed E-state index contributed by atoms with van der Waals surface area (Å²) in [7, 11) is -1.68. The monoisotopic (exact) mass is 523 g/mol. The number of nitrogens with two attached hydrogens (primary N) is 1. The minimum Gasteiger partial charge on any atom is -0.394 e. The van der Waals surface area contributed by atoms with Crippen LogP contribution in [0.3, 0.4) is 0 Å². The Hall–Kier alpha value is -4.09. The van der Waals surface area contributed by atoms with Gasteiger partial charge in [-0.1, -0.05) is 18.2 Å². The maximum absolute atomic E-state index is 15.1. The van der Waals surface area contributed by atoms with Crippen molar-refractivity contribution in [1.29, 1.82) is 0 Å². The van der Waals surface area contributed by atoms with Gasteiger partial charge in [0.2, 0.25) is 0 Å². The van der Waals surface area contributed by atoms with Crippen molar-refractivity contribution in [3.8, 4) is 22.3 Å². The Morgan fingerprint density at radius 2 is 1.92 bits per heavy atom. The van der Waals surface area contributed by atoms with E-state index >= 15 is 4.39 Å². The highest BCUT2D eigenvalue weighted by atomic mass is 32.2. The number of aromatic nitrogens is 3. The summed E-state index contributed by atoms with van der Waals surface area (Å²) in [5.41, 5.74) is 9.57. The van der Waals surface area contributed by atoms with Gasteiger partial charge in [0.1, 0.15) is 11.6 Å². The van der Waals surface area contributed by atoms with Crippen LogP contribution in [0.25, 0.3) is 22.3 Å². The summed E-state index contributed by atoms with van der Waals surface area (Å²) in [5, 5.41) is 16.7. The predicted octanol–water partition coefficient (Wildman–Crippen LogP) is 3.05. The molecule has 0 aliphatic heterocycles. The van der Waals surface area contributed by atoms with Crippen LogP contribution in [0.15, 0.2) is 65.8 Å². The molecule has 1 amide bonds. The Balaban J connectivity index is 1.61. The van der Waals surface area contributed by atoms with Crippen LogP contribution in [-0.2, 0) is 16.9 Å². The fraction of sp³-hybridized carbons (Fsp3) is 0.192. The number of carbonyl (C=O) groups is 1. The molecule has 1 unspecified atom stereocenters. The minimum atomic E-state index is -3.49. The average molecular weight is 524 g/mol. The number of rotatable bonds is 7. The number of hydrogen-bond acceptors (Lipinski definition) is 7. The Labute approximate surface area is 213 Å². The van der Waals surface area contributed by atoms with E-state index in [1.165, 1.54) is 30.3 Å². The number of nitrogens with zero attached hydrogens (tertiary/aromatic N) is 3. The summed E-state index contributed by atoms with van der Waals surface area (Å²) in [6.45, 7) is 1.36. The second kappa shape index (κ2) is 10.1. The summed E-state index contributed by atoms with van der Waals surface area (Å²) < 4.78 is 40.5. The molecular formula is C26H26FN5O4S. The Bertz CT molecular complexity index is 1600. The largest absolute Gasteiger partial charge is 0.394 e. The lowest BCUT2D eigenvalue weighted by atomic mass is 9.99. The number of halogens is 1. The Morgan fingerprint density at radius 1 is 1.16 bits per heavy atom. The van der Waals surface area contributed by atoms with E-state index in [0.717, 1.165) is 23.1 Å². The van der Waals surface area contributed by atoms with Crippen molar-refractivity contribution >= 4 is 21.6 Å². The lowest BCUT2D eigenvalue weighted by molar-refractivity contribution is 0.0912. The number of sulfone groups is 1. The number of aliphatic hydroxyl groups is 1. The van der Waals surface area contributed by atoms with Gasteiger partial charge in [-0.15, -0.1) is 0 Å². The van der Waals surface area contributed by atoms with Crippen molar-refractivity contribution in [2.75, 3.05) is 18.6 Å². The molecular weight excluding hydrogens is 497 g/mol. The zero-order valence-electron chi connectivity index (χ0n) is 20.4. The van der Waals surface area contributed by atoms with Gasteiger partial charge in [-0.3, -0.25) is 9.48 Å². The lowest BCUT2D eigenvalue weighted by Gasteiger charge is -2.18. The van der Waals surface area contributed by atoms with Gasteiger partial charge in [-0.05, 0) is 48.4 Å². The van der Waals surface area contributed by atoms with E-state index in [4.69, 9.17) is 5.73 Å². The number of benzene rings is 2. The predicted molar refractivity (Wildman–Crippen MR) is 138 cm³/mol. The van der Waals surface area contributed by atoms with Gasteiger partial charge < -0.3 is 16.2 Å². The van der Waals surface area contributed by atoms with Crippen molar-refractivity contribution < 1.29 is 22.7 Å². The number of nitrogens with one attached hydrogen (secondary N) is 1. The van der Waals surface area contributed by atoms with Crippen LogP contribution in [0.1, 0.15) is 27.7 Å². The van der Waals surface area contributed by atoms with Crippen molar-refractivity contribution in [1.82, 2.24) is 20.1 Å². The van der Waals surface area contributed by atoms with Crippen LogP contribution in [0, 0.1) is 12.7 Å². The fourth-order valence-corrected chi connectivity index (χ4v) is 4.71. The summed E-state index contributed by atoms with van der Waals surface area (Å²) >= 11 is 0. The molecule has 1 atom stereocenters. The fourth-order valence-electron chi connectivity index (χ4n) is 4.04. The van der Waals surface area contributed by atoms with Crippen molar-refractivity contribution in [3.05, 3.63) is 83.6 Å². The van der Waals surface area contributed by atoms with Crippen LogP contribution < -0.4 is 11.1 Å². The number of nitrogen functional groups attached to an aromatic ring is 1. The third-order valence-electron chi connectivity index (χ3n) is 5.94. The molecule has 0 saturated heterocycles. The van der Waals surface area contributed by atoms with Crippen molar-refractivity contribution in [2.24, 2.45) is 7.05 Å². The molecule has 2 heterocycles. The zero-order valence-corrected chi connectivity index (χ0v) is 21.3. The molecule has 2 aromatic carbocycles. The molecule has 0 bridgehead atoms. The lowest BCUT2D eigenvalue weighted by Crippen LogP contribution is -2.31. The van der Waals surface area contributed by atoms with E-state index in [1.807, 2.05) is 20.2 Å². The number of carbonyl (C=O) groups excluding carboxylic acids is 1. The SMILES string of the molecule is Cc1nn(C)cc1-c1cnc(N)c(-c2ccc(C(=O)NC(CO)c3cccc(S(C)(=O)=O)c3)c(F)c2)c1. The maximum Gasteiger partial charge on any atom is 0.254 e. The van der Waals surface area contributed by atoms with Crippen LogP contribution in [0.5, 0.6) is 0 Å². The topological polar surface area (TPSA) is 140 Å². The van der Waals surface area contributed by atoms with Gasteiger partial charge in [-0.2, -0.15) is 5.10 Å². The molecule has 0 radical (unpaired) electrons. The summed E-state index contributed by atoms with van der Waals surface area (Å²) in [5.74, 6) is -1.36. The highest BCUT2D eigenvalue weighted by molar-refractivity contribution is 7.90. The number of anilines is 1. The number of amides is 1. The standard InChI is InChI=1S/C26H26FN5O4S/c1-15-22(13-32(2)31-15)18-10-21(25(28)29-12-18)16-7-8-20(23(27)11-16)26(34)30-24(14-33)17-5-4-6-19(9-17)37(3,35)36/h4-13,24,33H,14H2,1-3H3,(H2,28,29)(H,30,34). The van der Waals surface area contributed by atoms with Gasteiger partial charge in [0.15, 0.2) is 9.84 Å². The van der Waals surface area contributed by atoms with Gasteiger partial charge in [-0.25, -0.2) is 17.8 Å². The van der Waals surface area contributed by atoms with E-state index in [-0.39, 0.29) is 16.3 Å². The molecule has 192 valence electrons. The second-order valence-corrected chi connectivity index (χ2v) is 10.7. The highest BCUT2D eigenvalue weighted by Gasteiger charge is 2.20. The number of pyridine rings is 1. The normalized spacial score (nSPS) is 12.4. The van der Waals surface area contributed by atoms with Crippen molar-refractivity contribution in [2.45, 2.75) is 17.9 Å². The smallest absolute Gasteiger partial charge is 0.254 e. The van der Waals surface area contributed by atoms with E-state index < -0.39 is 34.2 Å². The summed E-state index contributed by atoms with van der Waals surface area (Å²) in [4.78, 5) is 17.1. The average Bonchev–Trinajstić information content (AvgIpc) is 3.19. The van der Waals surface area contributed by atoms with Gasteiger partial charge in [0.25, 0.3) is 5.91 Å². The van der Waals surface area contributed by atoms with E-state index in [1.54, 1.807) is 29.1 Å². The highest BCUT2D eigenvalue weighted by Crippen LogP contribution is 2.31. The molecule has 4 N–H and O–H groups in total.